The first-order valence-electron chi connectivity index (χ1n) is 9.79. The molecule has 2 amide bonds. The van der Waals surface area contributed by atoms with Gasteiger partial charge in [-0.3, -0.25) is 19.3 Å². The van der Waals surface area contributed by atoms with Crippen molar-refractivity contribution < 1.29 is 19.1 Å². The molecule has 0 unspecified atom stereocenters. The Morgan fingerprint density at radius 2 is 1.81 bits per heavy atom. The molecule has 32 heavy (non-hydrogen) atoms. The number of carbonyl (C=O) groups is 3. The van der Waals surface area contributed by atoms with E-state index in [4.69, 9.17) is 4.74 Å². The zero-order valence-electron chi connectivity index (χ0n) is 17.0. The van der Waals surface area contributed by atoms with Crippen LogP contribution < -0.4 is 0 Å². The molecule has 4 rings (SSSR count). The molecule has 0 bridgehead atoms. The smallest absolute Gasteiger partial charge is 0.325 e. The third-order valence-electron chi connectivity index (χ3n) is 4.89. The van der Waals surface area contributed by atoms with Crippen LogP contribution in [0.5, 0.6) is 0 Å². The number of benzene rings is 2. The maximum absolute atomic E-state index is 13.0. The average molecular weight is 578 g/mol. The average Bonchev–Trinajstić information content (AvgIpc) is 3.21. The molecule has 1 saturated heterocycles. The molecule has 0 aliphatic carbocycles. The molecule has 0 spiro atoms. The van der Waals surface area contributed by atoms with Crippen molar-refractivity contribution in [3.05, 3.63) is 73.6 Å². The van der Waals surface area contributed by atoms with Gasteiger partial charge in [0.25, 0.3) is 11.1 Å². The van der Waals surface area contributed by atoms with E-state index in [1.54, 1.807) is 23.8 Å². The van der Waals surface area contributed by atoms with Crippen LogP contribution >= 0.6 is 43.6 Å². The first-order valence-corrected chi connectivity index (χ1v) is 12.2. The summed E-state index contributed by atoms with van der Waals surface area (Å²) < 4.78 is 8.67. The Hall–Kier alpha value is -2.36. The van der Waals surface area contributed by atoms with Crippen LogP contribution in [0.2, 0.25) is 0 Å². The van der Waals surface area contributed by atoms with E-state index in [1.165, 1.54) is 4.90 Å². The van der Waals surface area contributed by atoms with E-state index < -0.39 is 0 Å². The minimum Gasteiger partial charge on any atom is -0.465 e. The lowest BCUT2D eigenvalue weighted by molar-refractivity contribution is -0.143. The Labute approximate surface area is 205 Å². The Balaban J connectivity index is 1.65. The van der Waals surface area contributed by atoms with E-state index in [-0.39, 0.29) is 30.2 Å². The number of rotatable bonds is 6. The predicted molar refractivity (Wildman–Crippen MR) is 132 cm³/mol. The van der Waals surface area contributed by atoms with Crippen molar-refractivity contribution in [3.8, 4) is 0 Å². The molecule has 0 N–H and O–H groups in total. The van der Waals surface area contributed by atoms with Crippen molar-refractivity contribution in [1.29, 1.82) is 0 Å². The van der Waals surface area contributed by atoms with Crippen LogP contribution in [0, 0.1) is 0 Å². The largest absolute Gasteiger partial charge is 0.465 e. The third kappa shape index (κ3) is 4.84. The van der Waals surface area contributed by atoms with Gasteiger partial charge >= 0.3 is 5.97 Å². The maximum atomic E-state index is 13.0. The molecule has 1 aliphatic heterocycles. The van der Waals surface area contributed by atoms with Crippen molar-refractivity contribution >= 4 is 77.7 Å². The molecular weight excluding hydrogens is 560 g/mol. The highest BCUT2D eigenvalue weighted by atomic mass is 79.9. The Bertz CT molecular complexity index is 1250. The topological polar surface area (TPSA) is 68.6 Å². The molecular formula is C23H18Br2N2O4S. The molecule has 1 fully saturated rings. The lowest BCUT2D eigenvalue weighted by atomic mass is 10.1. The number of nitrogens with zero attached hydrogens (tertiary/aromatic N) is 2. The summed E-state index contributed by atoms with van der Waals surface area (Å²) in [6, 6.07) is 13.2. The second kappa shape index (κ2) is 9.64. The monoisotopic (exact) mass is 576 g/mol. The third-order valence-corrected chi connectivity index (χ3v) is 6.82. The van der Waals surface area contributed by atoms with Crippen LogP contribution in [0.1, 0.15) is 18.1 Å². The van der Waals surface area contributed by atoms with E-state index in [2.05, 4.69) is 31.9 Å². The molecule has 1 aromatic heterocycles. The second-order valence-corrected chi connectivity index (χ2v) is 9.90. The summed E-state index contributed by atoms with van der Waals surface area (Å²) in [4.78, 5) is 39.1. The number of fused-ring (bicyclic) bond motifs is 1. The molecule has 164 valence electrons. The van der Waals surface area contributed by atoms with Crippen molar-refractivity contribution in [2.24, 2.45) is 0 Å². The molecule has 0 saturated carbocycles. The van der Waals surface area contributed by atoms with Crippen LogP contribution in [0.3, 0.4) is 0 Å². The van der Waals surface area contributed by atoms with Crippen molar-refractivity contribution in [1.82, 2.24) is 9.47 Å². The van der Waals surface area contributed by atoms with E-state index >= 15 is 0 Å². The fourth-order valence-electron chi connectivity index (χ4n) is 3.44. The first-order chi connectivity index (χ1) is 15.4. The molecule has 0 radical (unpaired) electrons. The normalized spacial score (nSPS) is 15.2. The lowest BCUT2D eigenvalue weighted by Crippen LogP contribution is -2.27. The molecule has 2 heterocycles. The van der Waals surface area contributed by atoms with Gasteiger partial charge in [0.05, 0.1) is 18.1 Å². The van der Waals surface area contributed by atoms with E-state index in [0.29, 0.717) is 11.5 Å². The number of hydrogen-bond donors (Lipinski definition) is 0. The molecule has 3 aromatic rings. The molecule has 9 heteroatoms. The van der Waals surface area contributed by atoms with E-state index in [0.717, 1.165) is 42.7 Å². The van der Waals surface area contributed by atoms with Gasteiger partial charge < -0.3 is 9.30 Å². The van der Waals surface area contributed by atoms with Crippen molar-refractivity contribution in [2.45, 2.75) is 20.0 Å². The van der Waals surface area contributed by atoms with Crippen LogP contribution in [0.25, 0.3) is 17.0 Å². The van der Waals surface area contributed by atoms with Gasteiger partial charge in [-0.2, -0.15) is 0 Å². The predicted octanol–water partition coefficient (Wildman–Crippen LogP) is 5.97. The summed E-state index contributed by atoms with van der Waals surface area (Å²) >= 11 is 7.78. The van der Waals surface area contributed by atoms with Gasteiger partial charge in [-0.15, -0.1) is 0 Å². The van der Waals surface area contributed by atoms with Crippen LogP contribution in [-0.2, 0) is 27.4 Å². The summed E-state index contributed by atoms with van der Waals surface area (Å²) in [7, 11) is 0. The fourth-order valence-corrected chi connectivity index (χ4v) is 4.89. The number of halogens is 2. The summed E-state index contributed by atoms with van der Waals surface area (Å²) in [5.74, 6) is -0.669. The number of thioether (sulfide) groups is 1. The first kappa shape index (κ1) is 22.8. The van der Waals surface area contributed by atoms with Gasteiger partial charge in [0.15, 0.2) is 0 Å². The molecule has 6 nitrogen and oxygen atoms in total. The minimum absolute atomic E-state index is 0.0604. The molecule has 1 aliphatic rings. The highest BCUT2D eigenvalue weighted by molar-refractivity contribution is 9.10. The quantitative estimate of drug-likeness (QED) is 0.267. The van der Waals surface area contributed by atoms with Crippen LogP contribution in [-0.4, -0.2) is 33.2 Å². The van der Waals surface area contributed by atoms with Crippen molar-refractivity contribution in [3.63, 3.8) is 0 Å². The van der Waals surface area contributed by atoms with Gasteiger partial charge in [-0.1, -0.05) is 44.0 Å². The summed E-state index contributed by atoms with van der Waals surface area (Å²) in [6.07, 6.45) is 3.51. The SMILES string of the molecule is CCOC(=O)Cn1cc(/C=C2\SC(=O)N(Cc3ccc(Br)cc3)C2=O)c2cc(Br)ccc21. The molecule has 0 atom stereocenters. The van der Waals surface area contributed by atoms with Gasteiger partial charge in [0, 0.05) is 31.6 Å². The second-order valence-electron chi connectivity index (χ2n) is 7.07. The summed E-state index contributed by atoms with van der Waals surface area (Å²) in [5.41, 5.74) is 2.45. The van der Waals surface area contributed by atoms with Gasteiger partial charge in [-0.25, -0.2) is 0 Å². The van der Waals surface area contributed by atoms with E-state index in [1.807, 2.05) is 42.5 Å². The lowest BCUT2D eigenvalue weighted by Gasteiger charge is -2.12. The zero-order chi connectivity index (χ0) is 22.8. The van der Waals surface area contributed by atoms with Gasteiger partial charge in [0.1, 0.15) is 6.54 Å². The summed E-state index contributed by atoms with van der Waals surface area (Å²) in [5, 5.41) is 0.559. The number of carbonyl (C=O) groups excluding carboxylic acids is 3. The highest BCUT2D eigenvalue weighted by Crippen LogP contribution is 2.35. The standard InChI is InChI=1S/C23H18Br2N2O4S/c1-2-31-21(28)13-26-12-15(18-10-17(25)7-8-19(18)26)9-20-22(29)27(23(30)32-20)11-14-3-5-16(24)6-4-14/h3-10,12H,2,11,13H2,1H3/b20-9-. The van der Waals surface area contributed by atoms with Crippen LogP contribution in [0.4, 0.5) is 4.79 Å². The Morgan fingerprint density at radius 1 is 1.09 bits per heavy atom. The number of aromatic nitrogens is 1. The van der Waals surface area contributed by atoms with Gasteiger partial charge in [-0.05, 0) is 60.7 Å². The van der Waals surface area contributed by atoms with Crippen LogP contribution in [0.15, 0.2) is 62.5 Å². The maximum Gasteiger partial charge on any atom is 0.325 e. The molecule has 2 aromatic carbocycles. The number of imide groups is 1. The summed E-state index contributed by atoms with van der Waals surface area (Å²) in [6.45, 7) is 2.34. The number of esters is 1. The van der Waals surface area contributed by atoms with Gasteiger partial charge in [0.2, 0.25) is 0 Å². The van der Waals surface area contributed by atoms with Crippen molar-refractivity contribution in [2.75, 3.05) is 6.61 Å². The Morgan fingerprint density at radius 3 is 2.53 bits per heavy atom. The number of hydrogen-bond acceptors (Lipinski definition) is 5. The Kier molecular flexibility index (Phi) is 6.88. The minimum atomic E-state index is -0.339. The fraction of sp³-hybridized carbons (Fsp3) is 0.174. The number of ether oxygens (including phenoxy) is 1. The zero-order valence-corrected chi connectivity index (χ0v) is 21.0. The number of amides is 2. The highest BCUT2D eigenvalue weighted by Gasteiger charge is 2.35. The van der Waals surface area contributed by atoms with E-state index in [9.17, 15) is 14.4 Å².